The fraction of sp³-hybridized carbons (Fsp3) is 0.333. The zero-order valence-corrected chi connectivity index (χ0v) is 12.4. The van der Waals surface area contributed by atoms with Crippen molar-refractivity contribution in [2.75, 3.05) is 14.2 Å². The third kappa shape index (κ3) is 4.02. The molecule has 0 unspecified atom stereocenters. The van der Waals surface area contributed by atoms with Crippen molar-refractivity contribution in [1.29, 1.82) is 0 Å². The molecule has 0 fully saturated rings. The van der Waals surface area contributed by atoms with Gasteiger partial charge >= 0.3 is 0 Å². The van der Waals surface area contributed by atoms with Crippen LogP contribution in [0.5, 0.6) is 11.5 Å². The number of methoxy groups -OCH3 is 2. The summed E-state index contributed by atoms with van der Waals surface area (Å²) in [7, 11) is 3.39. The molecule has 2 aromatic rings. The van der Waals surface area contributed by atoms with Gasteiger partial charge in [0.1, 0.15) is 11.5 Å². The maximum atomic E-state index is 5.18. The molecule has 20 heavy (non-hydrogen) atoms. The lowest BCUT2D eigenvalue weighted by atomic mass is 9.94. The van der Waals surface area contributed by atoms with Gasteiger partial charge in [0.2, 0.25) is 0 Å². The molecule has 2 heteroatoms. The van der Waals surface area contributed by atoms with Crippen LogP contribution in [0.15, 0.2) is 48.5 Å². The summed E-state index contributed by atoms with van der Waals surface area (Å²) in [5.41, 5.74) is 2.71. The average Bonchev–Trinajstić information content (AvgIpc) is 2.49. The summed E-state index contributed by atoms with van der Waals surface area (Å²) in [6.07, 6.45) is 2.16. The Balaban J connectivity index is 1.91. The van der Waals surface area contributed by atoms with E-state index < -0.39 is 0 Å². The first-order valence-electron chi connectivity index (χ1n) is 6.97. The molecule has 0 aliphatic heterocycles. The molecule has 0 aliphatic carbocycles. The van der Waals surface area contributed by atoms with Gasteiger partial charge in [-0.15, -0.1) is 0 Å². The molecule has 106 valence electrons. The van der Waals surface area contributed by atoms with Crippen molar-refractivity contribution in [3.8, 4) is 11.5 Å². The van der Waals surface area contributed by atoms with Gasteiger partial charge in [-0.05, 0) is 54.2 Å². The van der Waals surface area contributed by atoms with Gasteiger partial charge in [0.15, 0.2) is 0 Å². The predicted molar refractivity (Wildman–Crippen MR) is 82.6 cm³/mol. The van der Waals surface area contributed by atoms with Crippen LogP contribution in [0, 0.1) is 5.92 Å². The summed E-state index contributed by atoms with van der Waals surface area (Å²) in [5.74, 6) is 2.44. The van der Waals surface area contributed by atoms with E-state index in [4.69, 9.17) is 9.47 Å². The molecule has 0 radical (unpaired) electrons. The van der Waals surface area contributed by atoms with Crippen LogP contribution >= 0.6 is 0 Å². The van der Waals surface area contributed by atoms with E-state index in [2.05, 4.69) is 31.2 Å². The van der Waals surface area contributed by atoms with Crippen LogP contribution in [0.25, 0.3) is 0 Å². The van der Waals surface area contributed by atoms with Crippen LogP contribution in [-0.2, 0) is 12.8 Å². The van der Waals surface area contributed by atoms with Crippen LogP contribution in [0.1, 0.15) is 18.1 Å². The van der Waals surface area contributed by atoms with E-state index in [-0.39, 0.29) is 0 Å². The SMILES string of the molecule is COc1ccc(CC(C)Cc2ccc(OC)cc2)cc1. The van der Waals surface area contributed by atoms with Crippen LogP contribution in [-0.4, -0.2) is 14.2 Å². The van der Waals surface area contributed by atoms with E-state index in [9.17, 15) is 0 Å². The lowest BCUT2D eigenvalue weighted by molar-refractivity contribution is 0.414. The van der Waals surface area contributed by atoms with Gasteiger partial charge in [0.05, 0.1) is 14.2 Å². The molecule has 2 rings (SSSR count). The highest BCUT2D eigenvalue weighted by Crippen LogP contribution is 2.19. The molecule has 0 heterocycles. The second-order valence-electron chi connectivity index (χ2n) is 5.21. The lowest BCUT2D eigenvalue weighted by Gasteiger charge is -2.12. The maximum absolute atomic E-state index is 5.18. The number of rotatable bonds is 6. The minimum atomic E-state index is 0.608. The first kappa shape index (κ1) is 14.4. The second kappa shape index (κ2) is 6.99. The zero-order chi connectivity index (χ0) is 14.4. The smallest absolute Gasteiger partial charge is 0.118 e. The van der Waals surface area contributed by atoms with E-state index >= 15 is 0 Å². The molecule has 0 N–H and O–H groups in total. The summed E-state index contributed by atoms with van der Waals surface area (Å²) in [4.78, 5) is 0. The first-order chi connectivity index (χ1) is 9.71. The topological polar surface area (TPSA) is 18.5 Å². The highest BCUT2D eigenvalue weighted by atomic mass is 16.5. The number of benzene rings is 2. The first-order valence-corrected chi connectivity index (χ1v) is 6.97. The van der Waals surface area contributed by atoms with Gasteiger partial charge in [-0.1, -0.05) is 31.2 Å². The molecular formula is C18H22O2. The molecule has 0 aromatic heterocycles. The molecule has 0 saturated heterocycles. The minimum Gasteiger partial charge on any atom is -0.497 e. The van der Waals surface area contributed by atoms with Gasteiger partial charge in [-0.25, -0.2) is 0 Å². The largest absolute Gasteiger partial charge is 0.497 e. The van der Waals surface area contributed by atoms with E-state index in [0.29, 0.717) is 5.92 Å². The standard InChI is InChI=1S/C18H22O2/c1-14(12-15-4-8-17(19-2)9-5-15)13-16-6-10-18(20-3)11-7-16/h4-11,14H,12-13H2,1-3H3. The Morgan fingerprint density at radius 3 is 1.35 bits per heavy atom. The van der Waals surface area contributed by atoms with Gasteiger partial charge in [0, 0.05) is 0 Å². The van der Waals surface area contributed by atoms with Gasteiger partial charge in [-0.2, -0.15) is 0 Å². The molecule has 2 aromatic carbocycles. The van der Waals surface area contributed by atoms with Crippen LogP contribution in [0.4, 0.5) is 0 Å². The van der Waals surface area contributed by atoms with E-state index in [1.54, 1.807) is 14.2 Å². The monoisotopic (exact) mass is 270 g/mol. The number of ether oxygens (including phenoxy) is 2. The molecular weight excluding hydrogens is 248 g/mol. The molecule has 0 spiro atoms. The van der Waals surface area contributed by atoms with Gasteiger partial charge < -0.3 is 9.47 Å². The van der Waals surface area contributed by atoms with Crippen molar-refractivity contribution in [2.24, 2.45) is 5.92 Å². The normalized spacial score (nSPS) is 10.6. The summed E-state index contributed by atoms with van der Waals surface area (Å²) in [5, 5.41) is 0. The van der Waals surface area contributed by atoms with Crippen molar-refractivity contribution in [1.82, 2.24) is 0 Å². The van der Waals surface area contributed by atoms with E-state index in [0.717, 1.165) is 24.3 Å². The molecule has 2 nitrogen and oxygen atoms in total. The van der Waals surface area contributed by atoms with Crippen molar-refractivity contribution >= 4 is 0 Å². The van der Waals surface area contributed by atoms with Gasteiger partial charge in [0.25, 0.3) is 0 Å². The fourth-order valence-corrected chi connectivity index (χ4v) is 2.40. The summed E-state index contributed by atoms with van der Waals surface area (Å²) in [6.45, 7) is 2.29. The van der Waals surface area contributed by atoms with E-state index in [1.165, 1.54) is 11.1 Å². The van der Waals surface area contributed by atoms with Crippen molar-refractivity contribution in [3.63, 3.8) is 0 Å². The van der Waals surface area contributed by atoms with Crippen molar-refractivity contribution in [3.05, 3.63) is 59.7 Å². The van der Waals surface area contributed by atoms with Crippen LogP contribution in [0.3, 0.4) is 0 Å². The summed E-state index contributed by atoms with van der Waals surface area (Å²) in [6, 6.07) is 16.7. The maximum Gasteiger partial charge on any atom is 0.118 e. The Morgan fingerprint density at radius 2 is 1.05 bits per heavy atom. The lowest BCUT2D eigenvalue weighted by Crippen LogP contribution is -2.04. The molecule has 0 aliphatic rings. The Kier molecular flexibility index (Phi) is 5.05. The quantitative estimate of drug-likeness (QED) is 0.786. The highest BCUT2D eigenvalue weighted by Gasteiger charge is 2.06. The molecule has 0 atom stereocenters. The molecule has 0 amide bonds. The van der Waals surface area contributed by atoms with Crippen molar-refractivity contribution in [2.45, 2.75) is 19.8 Å². The Labute approximate surface area is 121 Å². The number of hydrogen-bond acceptors (Lipinski definition) is 2. The van der Waals surface area contributed by atoms with Gasteiger partial charge in [-0.3, -0.25) is 0 Å². The van der Waals surface area contributed by atoms with E-state index in [1.807, 2.05) is 24.3 Å². The molecule has 0 saturated carbocycles. The zero-order valence-electron chi connectivity index (χ0n) is 12.4. The third-order valence-corrected chi connectivity index (χ3v) is 3.49. The third-order valence-electron chi connectivity index (χ3n) is 3.49. The van der Waals surface area contributed by atoms with Crippen LogP contribution in [0.2, 0.25) is 0 Å². The average molecular weight is 270 g/mol. The Hall–Kier alpha value is -1.96. The fourth-order valence-electron chi connectivity index (χ4n) is 2.40. The number of hydrogen-bond donors (Lipinski definition) is 0. The Bertz CT molecular complexity index is 465. The predicted octanol–water partition coefficient (Wildman–Crippen LogP) is 4.13. The second-order valence-corrected chi connectivity index (χ2v) is 5.21. The summed E-state index contributed by atoms with van der Waals surface area (Å²) >= 11 is 0. The minimum absolute atomic E-state index is 0.608. The summed E-state index contributed by atoms with van der Waals surface area (Å²) < 4.78 is 10.4. The molecule has 0 bridgehead atoms. The Morgan fingerprint density at radius 1 is 0.700 bits per heavy atom. The van der Waals surface area contributed by atoms with Crippen LogP contribution < -0.4 is 9.47 Å². The highest BCUT2D eigenvalue weighted by molar-refractivity contribution is 5.29. The van der Waals surface area contributed by atoms with Crippen molar-refractivity contribution < 1.29 is 9.47 Å².